The third kappa shape index (κ3) is 6.29. The average molecular weight is 476 g/mol. The number of carbonyl (C=O) groups is 1. The first kappa shape index (κ1) is 23.6. The third-order valence-corrected chi connectivity index (χ3v) is 6.72. The molecule has 2 aliphatic rings. The molecule has 1 saturated heterocycles. The van der Waals surface area contributed by atoms with Gasteiger partial charge in [-0.05, 0) is 80.0 Å². The molecule has 2 N–H and O–H groups in total. The van der Waals surface area contributed by atoms with Crippen LogP contribution in [0.25, 0.3) is 0 Å². The van der Waals surface area contributed by atoms with Crippen LogP contribution in [0.2, 0.25) is 0 Å². The maximum absolute atomic E-state index is 12.8. The zero-order valence-corrected chi connectivity index (χ0v) is 20.2. The number of aromatic nitrogens is 1. The molecule has 1 aromatic heterocycles. The van der Waals surface area contributed by atoms with E-state index in [0.717, 1.165) is 62.5 Å². The summed E-state index contributed by atoms with van der Waals surface area (Å²) in [5.41, 5.74) is 5.52. The van der Waals surface area contributed by atoms with Crippen molar-refractivity contribution in [3.8, 4) is 5.75 Å². The summed E-state index contributed by atoms with van der Waals surface area (Å²) in [5, 5.41) is 10.7. The molecule has 35 heavy (non-hydrogen) atoms. The summed E-state index contributed by atoms with van der Waals surface area (Å²) in [7, 11) is 0. The molecule has 0 bridgehead atoms. The van der Waals surface area contributed by atoms with Crippen molar-refractivity contribution < 1.29 is 18.8 Å². The van der Waals surface area contributed by atoms with Gasteiger partial charge in [0.15, 0.2) is 0 Å². The number of hydrogen-bond donors (Lipinski definition) is 2. The summed E-state index contributed by atoms with van der Waals surface area (Å²) in [4.78, 5) is 12.8. The van der Waals surface area contributed by atoms with E-state index in [0.29, 0.717) is 18.7 Å². The Labute approximate surface area is 206 Å². The Morgan fingerprint density at radius 1 is 1.09 bits per heavy atom. The molecule has 3 aromatic rings. The molecule has 2 atom stereocenters. The zero-order chi connectivity index (χ0) is 24.0. The fourth-order valence-corrected chi connectivity index (χ4v) is 4.81. The highest BCUT2D eigenvalue weighted by Gasteiger charge is 2.21. The quantitative estimate of drug-likeness (QED) is 0.484. The predicted octanol–water partition coefficient (Wildman–Crippen LogP) is 4.12. The van der Waals surface area contributed by atoms with Crippen molar-refractivity contribution in [1.29, 1.82) is 0 Å². The number of fused-ring (bicyclic) bond motifs is 1. The Morgan fingerprint density at radius 2 is 1.97 bits per heavy atom. The van der Waals surface area contributed by atoms with Crippen molar-refractivity contribution in [2.75, 3.05) is 13.2 Å². The van der Waals surface area contributed by atoms with Gasteiger partial charge in [0, 0.05) is 37.4 Å². The first-order valence-corrected chi connectivity index (χ1v) is 12.5. The van der Waals surface area contributed by atoms with E-state index < -0.39 is 0 Å². The number of amides is 1. The lowest BCUT2D eigenvalue weighted by Gasteiger charge is -2.26. The molecule has 184 valence electrons. The summed E-state index contributed by atoms with van der Waals surface area (Å²) in [6.45, 7) is 4.75. The van der Waals surface area contributed by atoms with Crippen molar-refractivity contribution in [2.24, 2.45) is 0 Å². The second-order valence-electron chi connectivity index (χ2n) is 9.52. The van der Waals surface area contributed by atoms with Crippen molar-refractivity contribution in [2.45, 2.75) is 64.3 Å². The fourth-order valence-electron chi connectivity index (χ4n) is 4.81. The number of carbonyl (C=O) groups excluding carboxylic acids is 1. The van der Waals surface area contributed by atoms with E-state index in [1.807, 2.05) is 37.3 Å². The molecule has 2 heterocycles. The lowest BCUT2D eigenvalue weighted by Crippen LogP contribution is -2.38. The van der Waals surface area contributed by atoms with Gasteiger partial charge in [-0.15, -0.1) is 0 Å². The molecule has 7 heteroatoms. The highest BCUT2D eigenvalue weighted by molar-refractivity contribution is 5.94. The molecule has 0 radical (unpaired) electrons. The molecular formula is C28H33N3O4. The highest BCUT2D eigenvalue weighted by Crippen LogP contribution is 2.24. The van der Waals surface area contributed by atoms with Gasteiger partial charge >= 0.3 is 0 Å². The van der Waals surface area contributed by atoms with Crippen LogP contribution in [-0.2, 0) is 30.7 Å². The normalized spacial score (nSPS) is 19.3. The molecule has 2 aromatic carbocycles. The van der Waals surface area contributed by atoms with E-state index in [4.69, 9.17) is 14.0 Å². The summed E-state index contributed by atoms with van der Waals surface area (Å²) >= 11 is 0. The van der Waals surface area contributed by atoms with E-state index in [2.05, 4.69) is 34.0 Å². The Bertz CT molecular complexity index is 1140. The van der Waals surface area contributed by atoms with Crippen LogP contribution in [0.15, 0.2) is 53.1 Å². The number of hydrogen-bond acceptors (Lipinski definition) is 6. The molecule has 1 aliphatic heterocycles. The minimum Gasteiger partial charge on any atom is -0.491 e. The van der Waals surface area contributed by atoms with Gasteiger partial charge in [-0.25, -0.2) is 0 Å². The summed E-state index contributed by atoms with van der Waals surface area (Å²) in [5.74, 6) is 1.56. The largest absolute Gasteiger partial charge is 0.491 e. The van der Waals surface area contributed by atoms with Crippen LogP contribution in [0, 0.1) is 6.92 Å². The Kier molecular flexibility index (Phi) is 7.45. The first-order chi connectivity index (χ1) is 17.1. The van der Waals surface area contributed by atoms with Crippen LogP contribution in [0.4, 0.5) is 0 Å². The lowest BCUT2D eigenvalue weighted by molar-refractivity contribution is 0.0679. The smallest absolute Gasteiger partial charge is 0.251 e. The maximum atomic E-state index is 12.8. The van der Waals surface area contributed by atoms with E-state index in [1.165, 1.54) is 16.7 Å². The lowest BCUT2D eigenvalue weighted by atomic mass is 9.87. The van der Waals surface area contributed by atoms with Crippen LogP contribution < -0.4 is 15.4 Å². The van der Waals surface area contributed by atoms with Gasteiger partial charge in [0.25, 0.3) is 5.91 Å². The number of ether oxygens (including phenoxy) is 2. The molecule has 0 saturated carbocycles. The van der Waals surface area contributed by atoms with Crippen molar-refractivity contribution in [1.82, 2.24) is 15.8 Å². The van der Waals surface area contributed by atoms with Gasteiger partial charge in [0.05, 0.1) is 11.8 Å². The van der Waals surface area contributed by atoms with E-state index in [1.54, 1.807) is 0 Å². The van der Waals surface area contributed by atoms with E-state index in [9.17, 15) is 4.79 Å². The number of nitrogens with zero attached hydrogens (tertiary/aromatic N) is 1. The topological polar surface area (TPSA) is 85.6 Å². The maximum Gasteiger partial charge on any atom is 0.251 e. The Hall–Kier alpha value is -3.16. The molecule has 7 nitrogen and oxygen atoms in total. The Balaban J connectivity index is 1.09. The molecular weight excluding hydrogens is 442 g/mol. The molecule has 5 rings (SSSR count). The molecule has 0 unspecified atom stereocenters. The van der Waals surface area contributed by atoms with Crippen LogP contribution in [-0.4, -0.2) is 36.4 Å². The minimum atomic E-state index is -0.0342. The van der Waals surface area contributed by atoms with Crippen LogP contribution in [0.1, 0.15) is 57.8 Å². The average Bonchev–Trinajstić information content (AvgIpc) is 3.55. The molecule has 1 amide bonds. The monoisotopic (exact) mass is 475 g/mol. The number of benzene rings is 2. The number of nitrogens with one attached hydrogen (secondary N) is 2. The van der Waals surface area contributed by atoms with Gasteiger partial charge in [0.1, 0.15) is 18.1 Å². The van der Waals surface area contributed by atoms with Crippen LogP contribution in [0.5, 0.6) is 5.75 Å². The summed E-state index contributed by atoms with van der Waals surface area (Å²) in [6.07, 6.45) is 5.09. The van der Waals surface area contributed by atoms with Gasteiger partial charge in [0.2, 0.25) is 0 Å². The van der Waals surface area contributed by atoms with Gasteiger partial charge in [-0.1, -0.05) is 23.4 Å². The van der Waals surface area contributed by atoms with Gasteiger partial charge < -0.3 is 24.6 Å². The minimum absolute atomic E-state index is 0.0342. The zero-order valence-electron chi connectivity index (χ0n) is 20.2. The molecule has 0 spiro atoms. The fraction of sp³-hybridized carbons (Fsp3) is 0.429. The van der Waals surface area contributed by atoms with Gasteiger partial charge in [-0.3, -0.25) is 4.79 Å². The van der Waals surface area contributed by atoms with Crippen molar-refractivity contribution >= 4 is 5.91 Å². The number of aryl methyl sites for hydroxylation is 2. The van der Waals surface area contributed by atoms with Crippen molar-refractivity contribution in [3.63, 3.8) is 0 Å². The van der Waals surface area contributed by atoms with Crippen LogP contribution in [0.3, 0.4) is 0 Å². The summed E-state index contributed by atoms with van der Waals surface area (Å²) < 4.78 is 16.5. The van der Waals surface area contributed by atoms with E-state index >= 15 is 0 Å². The van der Waals surface area contributed by atoms with E-state index in [-0.39, 0.29) is 18.1 Å². The van der Waals surface area contributed by atoms with Crippen LogP contribution >= 0.6 is 0 Å². The second kappa shape index (κ2) is 11.1. The summed E-state index contributed by atoms with van der Waals surface area (Å²) in [6, 6.07) is 16.1. The first-order valence-electron chi connectivity index (χ1n) is 12.5. The molecule has 1 aliphatic carbocycles. The molecule has 1 fully saturated rings. The Morgan fingerprint density at radius 3 is 2.74 bits per heavy atom. The van der Waals surface area contributed by atoms with Gasteiger partial charge in [-0.2, -0.15) is 0 Å². The van der Waals surface area contributed by atoms with Crippen molar-refractivity contribution in [3.05, 3.63) is 82.2 Å². The SMILES string of the molecule is Cc1cc(CNCc2ccc3c(c2)CC[C@H](NC(=O)c2ccc(OC[C@@H]4CCCO4)cc2)C3)no1. The second-order valence-corrected chi connectivity index (χ2v) is 9.52. The standard InChI is InChI=1S/C28H33N3O4/c1-19-13-25(31-35-19)17-29-16-20-4-5-23-15-24(9-6-22(23)14-20)30-28(32)21-7-10-26(11-8-21)34-18-27-3-2-12-33-27/h4-5,7-8,10-11,13-14,24,27,29H,2-3,6,9,12,15-18H2,1H3,(H,30,32)/t24-,27-/m0/s1. The highest BCUT2D eigenvalue weighted by atomic mass is 16.5. The predicted molar refractivity (Wildman–Crippen MR) is 132 cm³/mol. The number of rotatable bonds is 9. The third-order valence-electron chi connectivity index (χ3n) is 6.72.